The quantitative estimate of drug-likeness (QED) is 0.775. The fourth-order valence-corrected chi connectivity index (χ4v) is 5.14. The highest BCUT2D eigenvalue weighted by Gasteiger charge is 2.41. The Balaban J connectivity index is 1.80. The van der Waals surface area contributed by atoms with E-state index in [-0.39, 0.29) is 11.3 Å². The highest BCUT2D eigenvalue weighted by molar-refractivity contribution is 9.10. The maximum atomic E-state index is 12.4. The smallest absolute Gasteiger partial charge is 0.217 e. The molecule has 6 nitrogen and oxygen atoms in total. The number of likely N-dealkylation sites (N-methyl/N-ethyl adjacent to an activating group) is 1. The number of rotatable bonds is 4. The van der Waals surface area contributed by atoms with Crippen LogP contribution < -0.4 is 4.90 Å². The Morgan fingerprint density at radius 2 is 2.17 bits per heavy atom. The molecule has 2 aliphatic rings. The zero-order valence-corrected chi connectivity index (χ0v) is 15.3. The second-order valence-corrected chi connectivity index (χ2v) is 9.33. The Labute approximate surface area is 145 Å². The van der Waals surface area contributed by atoms with Crippen LogP contribution in [0.25, 0.3) is 0 Å². The number of nitrogens with zero attached hydrogens (tertiary/aromatic N) is 4. The van der Waals surface area contributed by atoms with Gasteiger partial charge in [-0.1, -0.05) is 0 Å². The van der Waals surface area contributed by atoms with Crippen molar-refractivity contribution >= 4 is 31.8 Å². The molecule has 1 saturated carbocycles. The molecule has 0 spiro atoms. The van der Waals surface area contributed by atoms with Gasteiger partial charge < -0.3 is 4.90 Å². The minimum Gasteiger partial charge on any atom is -0.354 e. The summed E-state index contributed by atoms with van der Waals surface area (Å²) in [6.45, 7) is 1.36. The Hall–Kier alpha value is -1.17. The fourth-order valence-electron chi connectivity index (χ4n) is 3.02. The third kappa shape index (κ3) is 3.37. The molecule has 0 amide bonds. The number of hydrogen-bond donors (Lipinski definition) is 0. The molecule has 1 saturated heterocycles. The molecule has 3 rings (SSSR count). The Morgan fingerprint density at radius 1 is 1.43 bits per heavy atom. The summed E-state index contributed by atoms with van der Waals surface area (Å²) in [4.78, 5) is 6.39. The first kappa shape index (κ1) is 16.7. The average Bonchev–Trinajstić information content (AvgIpc) is 3.39. The zero-order valence-electron chi connectivity index (χ0n) is 12.9. The van der Waals surface area contributed by atoms with Gasteiger partial charge in [-0.05, 0) is 47.7 Å². The van der Waals surface area contributed by atoms with E-state index in [2.05, 4.69) is 27.0 Å². The molecule has 23 heavy (non-hydrogen) atoms. The van der Waals surface area contributed by atoms with Crippen molar-refractivity contribution in [2.24, 2.45) is 0 Å². The number of pyridine rings is 1. The minimum atomic E-state index is -3.18. The normalized spacial score (nSPS) is 22.2. The lowest BCUT2D eigenvalue weighted by Crippen LogP contribution is -2.49. The van der Waals surface area contributed by atoms with Gasteiger partial charge in [0.25, 0.3) is 0 Å². The van der Waals surface area contributed by atoms with Gasteiger partial charge in [0.05, 0.1) is 10.8 Å². The lowest BCUT2D eigenvalue weighted by molar-refractivity contribution is 0.319. The molecule has 2 fully saturated rings. The molecule has 0 N–H and O–H groups in total. The number of piperidine rings is 1. The molecule has 1 aliphatic carbocycles. The molecular weight excluding hydrogens is 380 g/mol. The van der Waals surface area contributed by atoms with Crippen LogP contribution in [0.2, 0.25) is 0 Å². The topological polar surface area (TPSA) is 77.3 Å². The largest absolute Gasteiger partial charge is 0.354 e. The fraction of sp³-hybridized carbons (Fsp3) is 0.600. The van der Waals surface area contributed by atoms with Crippen LogP contribution in [0, 0.1) is 11.3 Å². The lowest BCUT2D eigenvalue weighted by Gasteiger charge is -2.38. The molecule has 1 aliphatic heterocycles. The van der Waals surface area contributed by atoms with Gasteiger partial charge in [0.15, 0.2) is 0 Å². The summed E-state index contributed by atoms with van der Waals surface area (Å²) in [6, 6.07) is 3.85. The second kappa shape index (κ2) is 6.38. The summed E-state index contributed by atoms with van der Waals surface area (Å²) < 4.78 is 27.2. The molecule has 8 heteroatoms. The predicted molar refractivity (Wildman–Crippen MR) is 91.6 cm³/mol. The van der Waals surface area contributed by atoms with E-state index in [1.807, 2.05) is 4.90 Å². The van der Waals surface area contributed by atoms with Crippen LogP contribution in [0.3, 0.4) is 0 Å². The number of sulfonamides is 1. The Morgan fingerprint density at radius 3 is 2.83 bits per heavy atom. The van der Waals surface area contributed by atoms with Crippen molar-refractivity contribution in [2.75, 3.05) is 25.0 Å². The minimum absolute atomic E-state index is 0.0636. The van der Waals surface area contributed by atoms with Crippen LogP contribution >= 0.6 is 15.9 Å². The molecule has 1 atom stereocenters. The number of hydrogen-bond acceptors (Lipinski definition) is 5. The molecule has 0 aromatic carbocycles. The van der Waals surface area contributed by atoms with Crippen LogP contribution in [0.5, 0.6) is 0 Å². The molecule has 0 bridgehead atoms. The lowest BCUT2D eigenvalue weighted by atomic mass is 10.1. The van der Waals surface area contributed by atoms with Gasteiger partial charge in [-0.3, -0.25) is 0 Å². The first-order valence-corrected chi connectivity index (χ1v) is 10.0. The van der Waals surface area contributed by atoms with Gasteiger partial charge in [0, 0.05) is 36.8 Å². The van der Waals surface area contributed by atoms with Crippen LogP contribution in [-0.4, -0.2) is 49.1 Å². The van der Waals surface area contributed by atoms with E-state index in [9.17, 15) is 13.7 Å². The van der Waals surface area contributed by atoms with Gasteiger partial charge in [0.1, 0.15) is 11.9 Å². The van der Waals surface area contributed by atoms with Crippen molar-refractivity contribution in [3.05, 3.63) is 22.3 Å². The van der Waals surface area contributed by atoms with E-state index in [0.717, 1.165) is 36.7 Å². The maximum absolute atomic E-state index is 12.4. The molecular formula is C15H19BrN4O2S. The summed E-state index contributed by atoms with van der Waals surface area (Å²) in [7, 11) is -1.50. The van der Waals surface area contributed by atoms with E-state index in [0.29, 0.717) is 17.9 Å². The Kier molecular flexibility index (Phi) is 4.63. The average molecular weight is 399 g/mol. The standard InChI is InChI=1S/C15H19BrN4O2S/c1-19(23(21,22)14-4-5-14)13-3-2-6-20(10-13)15-11(8-17)7-12(16)9-18-15/h7,9,13-14H,2-6,10H2,1H3. The molecule has 1 aromatic heterocycles. The van der Waals surface area contributed by atoms with E-state index >= 15 is 0 Å². The first-order chi connectivity index (χ1) is 10.9. The molecule has 1 unspecified atom stereocenters. The van der Waals surface area contributed by atoms with Crippen molar-refractivity contribution in [2.45, 2.75) is 37.0 Å². The van der Waals surface area contributed by atoms with Crippen molar-refractivity contribution < 1.29 is 8.42 Å². The van der Waals surface area contributed by atoms with E-state index in [1.165, 1.54) is 0 Å². The third-order valence-electron chi connectivity index (χ3n) is 4.51. The van der Waals surface area contributed by atoms with Crippen molar-refractivity contribution in [3.63, 3.8) is 0 Å². The van der Waals surface area contributed by atoms with Crippen molar-refractivity contribution in [1.82, 2.24) is 9.29 Å². The summed E-state index contributed by atoms with van der Waals surface area (Å²) in [5.74, 6) is 0.637. The van der Waals surface area contributed by atoms with E-state index in [1.54, 1.807) is 23.6 Å². The molecule has 124 valence electrons. The summed E-state index contributed by atoms with van der Waals surface area (Å²) in [5, 5.41) is 9.12. The second-order valence-electron chi connectivity index (χ2n) is 6.14. The van der Waals surface area contributed by atoms with Crippen LogP contribution in [0.1, 0.15) is 31.2 Å². The number of halogens is 1. The molecule has 1 aromatic rings. The van der Waals surface area contributed by atoms with E-state index < -0.39 is 10.0 Å². The van der Waals surface area contributed by atoms with Crippen LogP contribution in [0.15, 0.2) is 16.7 Å². The van der Waals surface area contributed by atoms with Gasteiger partial charge in [-0.15, -0.1) is 0 Å². The summed E-state index contributed by atoms with van der Waals surface area (Å²) in [6.07, 6.45) is 4.95. The first-order valence-electron chi connectivity index (χ1n) is 7.71. The van der Waals surface area contributed by atoms with Gasteiger partial charge in [-0.2, -0.15) is 9.57 Å². The predicted octanol–water partition coefficient (Wildman–Crippen LogP) is 2.11. The summed E-state index contributed by atoms with van der Waals surface area (Å²) in [5.41, 5.74) is 0.507. The SMILES string of the molecule is CN(C1CCCN(c2ncc(Br)cc2C#N)C1)S(=O)(=O)C1CC1. The van der Waals surface area contributed by atoms with Crippen molar-refractivity contribution in [3.8, 4) is 6.07 Å². The van der Waals surface area contributed by atoms with Gasteiger partial charge in [-0.25, -0.2) is 13.4 Å². The van der Waals surface area contributed by atoms with Crippen molar-refractivity contribution in [1.29, 1.82) is 5.26 Å². The zero-order chi connectivity index (χ0) is 16.6. The summed E-state index contributed by atoms with van der Waals surface area (Å²) >= 11 is 3.33. The van der Waals surface area contributed by atoms with Crippen LogP contribution in [0.4, 0.5) is 5.82 Å². The highest BCUT2D eigenvalue weighted by atomic mass is 79.9. The molecule has 2 heterocycles. The number of nitriles is 1. The van der Waals surface area contributed by atoms with E-state index in [4.69, 9.17) is 0 Å². The highest BCUT2D eigenvalue weighted by Crippen LogP contribution is 2.33. The Bertz CT molecular complexity index is 742. The maximum Gasteiger partial charge on any atom is 0.217 e. The van der Waals surface area contributed by atoms with Gasteiger partial charge >= 0.3 is 0 Å². The van der Waals surface area contributed by atoms with Gasteiger partial charge in [0.2, 0.25) is 10.0 Å². The van der Waals surface area contributed by atoms with Crippen LogP contribution in [-0.2, 0) is 10.0 Å². The number of aromatic nitrogens is 1. The monoisotopic (exact) mass is 398 g/mol. The molecule has 0 radical (unpaired) electrons. The third-order valence-corrected chi connectivity index (χ3v) is 7.36. The number of anilines is 1.